The molecule has 0 aliphatic carbocycles. The highest BCUT2D eigenvalue weighted by atomic mass is 79.9. The van der Waals surface area contributed by atoms with Crippen molar-refractivity contribution in [1.82, 2.24) is 5.01 Å². The van der Waals surface area contributed by atoms with Crippen molar-refractivity contribution in [2.45, 2.75) is 19.8 Å². The number of phenols is 1. The van der Waals surface area contributed by atoms with Gasteiger partial charge in [0, 0.05) is 17.0 Å². The second kappa shape index (κ2) is 9.32. The summed E-state index contributed by atoms with van der Waals surface area (Å²) in [6.07, 6.45) is -0.796. The zero-order valence-corrected chi connectivity index (χ0v) is 19.1. The van der Waals surface area contributed by atoms with Crippen LogP contribution in [-0.4, -0.2) is 29.0 Å². The molecule has 0 bridgehead atoms. The Morgan fingerprint density at radius 3 is 2.69 bits per heavy atom. The molecule has 1 atom stereocenters. The van der Waals surface area contributed by atoms with Crippen LogP contribution in [0, 0.1) is 0 Å². The number of hydrogen-bond acceptors (Lipinski definition) is 6. The molecular weight excluding hydrogens is 476 g/mol. The maximum absolute atomic E-state index is 12.3. The highest BCUT2D eigenvalue weighted by Gasteiger charge is 2.34. The number of aromatic hydroxyl groups is 1. The van der Waals surface area contributed by atoms with E-state index in [1.54, 1.807) is 12.1 Å². The highest BCUT2D eigenvalue weighted by molar-refractivity contribution is 9.10. The zero-order valence-electron chi connectivity index (χ0n) is 17.5. The Morgan fingerprint density at radius 2 is 1.94 bits per heavy atom. The molecule has 0 unspecified atom stereocenters. The lowest BCUT2D eigenvalue weighted by molar-refractivity contribution is -0.135. The molecule has 1 amide bonds. The van der Waals surface area contributed by atoms with E-state index in [0.29, 0.717) is 23.5 Å². The summed E-state index contributed by atoms with van der Waals surface area (Å²) in [4.78, 5) is 12.3. The monoisotopic (exact) mass is 496 g/mol. The van der Waals surface area contributed by atoms with E-state index in [2.05, 4.69) is 21.0 Å². The second-order valence-corrected chi connectivity index (χ2v) is 8.00. The molecule has 0 saturated carbocycles. The molecule has 0 fully saturated rings. The van der Waals surface area contributed by atoms with Gasteiger partial charge in [-0.25, -0.2) is 0 Å². The lowest BCUT2D eigenvalue weighted by Gasteiger charge is -2.20. The van der Waals surface area contributed by atoms with E-state index in [4.69, 9.17) is 14.2 Å². The molecule has 1 aliphatic rings. The van der Waals surface area contributed by atoms with Gasteiger partial charge in [0.05, 0.1) is 12.7 Å². The zero-order chi connectivity index (χ0) is 22.7. The van der Waals surface area contributed by atoms with E-state index in [1.165, 1.54) is 25.1 Å². The number of rotatable bonds is 6. The Hall–Kier alpha value is -3.52. The number of amides is 1. The number of hydrazone groups is 1. The summed E-state index contributed by atoms with van der Waals surface area (Å²) in [5, 5.41) is 15.6. The molecule has 32 heavy (non-hydrogen) atoms. The number of hydrogen-bond donors (Lipinski definition) is 1. The van der Waals surface area contributed by atoms with Gasteiger partial charge < -0.3 is 19.3 Å². The van der Waals surface area contributed by atoms with Gasteiger partial charge in [0.2, 0.25) is 18.0 Å². The van der Waals surface area contributed by atoms with Crippen molar-refractivity contribution in [2.24, 2.45) is 5.10 Å². The fraction of sp³-hybridized carbons (Fsp3) is 0.167. The third-order valence-electron chi connectivity index (χ3n) is 4.86. The van der Waals surface area contributed by atoms with Crippen molar-refractivity contribution >= 4 is 27.7 Å². The van der Waals surface area contributed by atoms with Gasteiger partial charge in [-0.1, -0.05) is 40.2 Å². The third-order valence-corrected chi connectivity index (χ3v) is 5.35. The fourth-order valence-electron chi connectivity index (χ4n) is 3.30. The normalized spacial score (nSPS) is 15.2. The van der Waals surface area contributed by atoms with Crippen molar-refractivity contribution < 1.29 is 24.1 Å². The van der Waals surface area contributed by atoms with Crippen LogP contribution >= 0.6 is 15.9 Å². The number of nitrogens with zero attached hydrogens (tertiary/aromatic N) is 2. The summed E-state index contributed by atoms with van der Waals surface area (Å²) < 4.78 is 18.3. The van der Waals surface area contributed by atoms with Crippen molar-refractivity contribution in [3.8, 4) is 17.2 Å². The van der Waals surface area contributed by atoms with Crippen LogP contribution in [0.3, 0.4) is 0 Å². The summed E-state index contributed by atoms with van der Waals surface area (Å²) in [5.41, 5.74) is 2.24. The first kappa shape index (κ1) is 21.7. The topological polar surface area (TPSA) is 80.6 Å². The van der Waals surface area contributed by atoms with Gasteiger partial charge in [0.1, 0.15) is 12.4 Å². The maximum Gasteiger partial charge on any atom is 0.244 e. The maximum atomic E-state index is 12.3. The van der Waals surface area contributed by atoms with Crippen molar-refractivity contribution in [3.63, 3.8) is 0 Å². The summed E-state index contributed by atoms with van der Waals surface area (Å²) >= 11 is 3.46. The number of ether oxygens (including phenoxy) is 3. The Bertz CT molecular complexity index is 1180. The molecule has 1 N–H and O–H groups in total. The molecule has 0 radical (unpaired) electrons. The predicted octanol–water partition coefficient (Wildman–Crippen LogP) is 4.98. The minimum absolute atomic E-state index is 0.00365. The Balaban J connectivity index is 1.61. The number of para-hydroxylation sites is 1. The minimum atomic E-state index is -0.796. The number of phenolic OH excluding ortho intramolecular Hbond substituents is 1. The van der Waals surface area contributed by atoms with Crippen LogP contribution in [0.4, 0.5) is 0 Å². The van der Waals surface area contributed by atoms with Gasteiger partial charge in [-0.3, -0.25) is 4.79 Å². The summed E-state index contributed by atoms with van der Waals surface area (Å²) in [6, 6.07) is 20.0. The van der Waals surface area contributed by atoms with E-state index >= 15 is 0 Å². The van der Waals surface area contributed by atoms with Crippen LogP contribution in [0.1, 0.15) is 29.8 Å². The molecule has 1 heterocycles. The second-order valence-electron chi connectivity index (χ2n) is 7.08. The Labute approximate surface area is 194 Å². The lowest BCUT2D eigenvalue weighted by atomic mass is 10.1. The van der Waals surface area contributed by atoms with Gasteiger partial charge in [-0.05, 0) is 48.0 Å². The lowest BCUT2D eigenvalue weighted by Crippen LogP contribution is -2.25. The number of benzene rings is 3. The van der Waals surface area contributed by atoms with E-state index < -0.39 is 6.23 Å². The summed E-state index contributed by atoms with van der Waals surface area (Å²) in [7, 11) is 1.46. The third kappa shape index (κ3) is 4.55. The largest absolute Gasteiger partial charge is 0.504 e. The van der Waals surface area contributed by atoms with E-state index in [9.17, 15) is 9.90 Å². The van der Waals surface area contributed by atoms with Gasteiger partial charge in [-0.2, -0.15) is 5.01 Å². The predicted molar refractivity (Wildman–Crippen MR) is 122 cm³/mol. The standard InChI is InChI=1S/C24H21BrN2O5/c1-15(28)27-24(17-10-11-20(29)22(13-17)30-2)32-23(26-27)19-8-3-4-9-21(19)31-14-16-6-5-7-18(25)12-16/h3-13,24,29H,14H2,1-2H3/t24-/m0/s1. The number of halogens is 1. The minimum Gasteiger partial charge on any atom is -0.504 e. The molecule has 7 nitrogen and oxygen atoms in total. The fourth-order valence-corrected chi connectivity index (χ4v) is 3.74. The quantitative estimate of drug-likeness (QED) is 0.520. The number of methoxy groups -OCH3 is 1. The first-order chi connectivity index (χ1) is 15.5. The molecule has 3 aromatic rings. The van der Waals surface area contributed by atoms with Gasteiger partial charge in [0.15, 0.2) is 11.5 Å². The molecule has 8 heteroatoms. The van der Waals surface area contributed by atoms with Crippen molar-refractivity contribution in [3.05, 3.63) is 87.9 Å². The molecule has 164 valence electrons. The van der Waals surface area contributed by atoms with Crippen LogP contribution in [-0.2, 0) is 16.1 Å². The molecule has 3 aromatic carbocycles. The molecular formula is C24H21BrN2O5. The van der Waals surface area contributed by atoms with Crippen LogP contribution in [0.2, 0.25) is 0 Å². The van der Waals surface area contributed by atoms with Crippen LogP contribution in [0.5, 0.6) is 17.2 Å². The SMILES string of the molecule is COc1cc([C@@H]2OC(c3ccccc3OCc3cccc(Br)c3)=NN2C(C)=O)ccc1O. The first-order valence-electron chi connectivity index (χ1n) is 9.85. The molecule has 0 spiro atoms. The molecule has 0 saturated heterocycles. The van der Waals surface area contributed by atoms with E-state index in [-0.39, 0.29) is 23.3 Å². The average molecular weight is 497 g/mol. The van der Waals surface area contributed by atoms with Crippen LogP contribution in [0.15, 0.2) is 76.3 Å². The Kier molecular flexibility index (Phi) is 6.32. The van der Waals surface area contributed by atoms with Gasteiger partial charge >= 0.3 is 0 Å². The summed E-state index contributed by atoms with van der Waals surface area (Å²) in [6.45, 7) is 1.77. The molecule has 0 aromatic heterocycles. The van der Waals surface area contributed by atoms with Gasteiger partial charge in [0.25, 0.3) is 0 Å². The van der Waals surface area contributed by atoms with E-state index in [0.717, 1.165) is 10.0 Å². The van der Waals surface area contributed by atoms with Crippen molar-refractivity contribution in [1.29, 1.82) is 0 Å². The molecule has 4 rings (SSSR count). The van der Waals surface area contributed by atoms with E-state index in [1.807, 2.05) is 48.5 Å². The molecule has 1 aliphatic heterocycles. The van der Waals surface area contributed by atoms with Crippen LogP contribution < -0.4 is 9.47 Å². The van der Waals surface area contributed by atoms with Crippen LogP contribution in [0.25, 0.3) is 0 Å². The smallest absolute Gasteiger partial charge is 0.244 e. The van der Waals surface area contributed by atoms with Crippen molar-refractivity contribution in [2.75, 3.05) is 7.11 Å². The first-order valence-corrected chi connectivity index (χ1v) is 10.6. The average Bonchev–Trinajstić information content (AvgIpc) is 3.24. The van der Waals surface area contributed by atoms with Gasteiger partial charge in [-0.15, -0.1) is 5.10 Å². The number of carbonyl (C=O) groups is 1. The number of carbonyl (C=O) groups excluding carboxylic acids is 1. The summed E-state index contributed by atoms with van der Waals surface area (Å²) in [5.74, 6) is 0.835. The Morgan fingerprint density at radius 1 is 1.12 bits per heavy atom. The highest BCUT2D eigenvalue weighted by Crippen LogP contribution is 2.36.